The van der Waals surface area contributed by atoms with E-state index in [1.54, 1.807) is 32.2 Å². The largest absolute Gasteiger partial charge is 0.497 e. The number of aryl methyl sites for hydroxylation is 1. The third kappa shape index (κ3) is 5.64. The zero-order valence-corrected chi connectivity index (χ0v) is 18.8. The molecule has 6 nitrogen and oxygen atoms in total. The Kier molecular flexibility index (Phi) is 7.54. The van der Waals surface area contributed by atoms with Crippen molar-refractivity contribution in [2.24, 2.45) is 0 Å². The summed E-state index contributed by atoms with van der Waals surface area (Å²) in [6.45, 7) is 5.45. The van der Waals surface area contributed by atoms with Crippen LogP contribution < -0.4 is 14.4 Å². The predicted molar refractivity (Wildman–Crippen MR) is 117 cm³/mol. The topological polar surface area (TPSA) is 75.7 Å². The van der Waals surface area contributed by atoms with E-state index in [4.69, 9.17) is 16.3 Å². The van der Waals surface area contributed by atoms with Crippen LogP contribution in [0.15, 0.2) is 42.5 Å². The first kappa shape index (κ1) is 23.0. The van der Waals surface area contributed by atoms with Crippen molar-refractivity contribution in [3.05, 3.63) is 58.6 Å². The molecule has 2 aromatic carbocycles. The highest BCUT2D eigenvalue weighted by molar-refractivity contribution is 7.92. The number of nitrogens with one attached hydrogen (secondary N) is 1. The molecule has 0 aliphatic carbocycles. The van der Waals surface area contributed by atoms with Gasteiger partial charge in [-0.05, 0) is 55.7 Å². The Morgan fingerprint density at radius 2 is 1.83 bits per heavy atom. The van der Waals surface area contributed by atoms with Crippen LogP contribution in [-0.4, -0.2) is 33.7 Å². The molecule has 0 saturated carbocycles. The highest BCUT2D eigenvalue weighted by Gasteiger charge is 2.32. The minimum absolute atomic E-state index is 0.300. The molecule has 0 spiro atoms. The second-order valence-electron chi connectivity index (χ2n) is 6.92. The molecule has 2 rings (SSSR count). The van der Waals surface area contributed by atoms with Crippen LogP contribution in [0.3, 0.4) is 0 Å². The highest BCUT2D eigenvalue weighted by atomic mass is 35.5. The molecule has 0 aliphatic heterocycles. The summed E-state index contributed by atoms with van der Waals surface area (Å²) < 4.78 is 31.4. The smallest absolute Gasteiger partial charge is 0.244 e. The van der Waals surface area contributed by atoms with E-state index in [-0.39, 0.29) is 11.9 Å². The molecular weight excluding hydrogens is 412 g/mol. The number of benzene rings is 2. The van der Waals surface area contributed by atoms with Crippen molar-refractivity contribution in [2.45, 2.75) is 39.3 Å². The van der Waals surface area contributed by atoms with Gasteiger partial charge in [-0.15, -0.1) is 0 Å². The number of hydrogen-bond donors (Lipinski definition) is 1. The minimum Gasteiger partial charge on any atom is -0.497 e. The Bertz CT molecular complexity index is 961. The molecule has 1 amide bonds. The molecule has 29 heavy (non-hydrogen) atoms. The summed E-state index contributed by atoms with van der Waals surface area (Å²) in [5, 5.41) is 3.36. The van der Waals surface area contributed by atoms with Crippen molar-refractivity contribution < 1.29 is 17.9 Å². The maximum atomic E-state index is 13.0. The SMILES string of the molecule is CCC(C(=O)NC(C)c1ccc(OC)cc1)N(c1ccc(C)c(Cl)c1)S(C)(=O)=O. The number of amides is 1. The van der Waals surface area contributed by atoms with Crippen LogP contribution in [0.2, 0.25) is 5.02 Å². The molecule has 0 radical (unpaired) electrons. The molecule has 2 aromatic rings. The first-order chi connectivity index (χ1) is 13.6. The van der Waals surface area contributed by atoms with Crippen LogP contribution in [0, 0.1) is 6.92 Å². The summed E-state index contributed by atoms with van der Waals surface area (Å²) in [5.74, 6) is 0.344. The Hall–Kier alpha value is -2.25. The normalized spacial score (nSPS) is 13.4. The number of hydrogen-bond acceptors (Lipinski definition) is 4. The quantitative estimate of drug-likeness (QED) is 0.673. The fourth-order valence-electron chi connectivity index (χ4n) is 3.06. The van der Waals surface area contributed by atoms with Gasteiger partial charge in [0.2, 0.25) is 15.9 Å². The average molecular weight is 439 g/mol. The summed E-state index contributed by atoms with van der Waals surface area (Å²) in [6.07, 6.45) is 1.39. The molecule has 158 valence electrons. The number of sulfonamides is 1. The lowest BCUT2D eigenvalue weighted by Gasteiger charge is -2.31. The molecule has 2 unspecified atom stereocenters. The maximum Gasteiger partial charge on any atom is 0.244 e. The fourth-order valence-corrected chi connectivity index (χ4v) is 4.44. The molecule has 1 N–H and O–H groups in total. The van der Waals surface area contributed by atoms with Gasteiger partial charge in [0.05, 0.1) is 25.1 Å². The van der Waals surface area contributed by atoms with Gasteiger partial charge in [-0.3, -0.25) is 9.10 Å². The van der Waals surface area contributed by atoms with Crippen molar-refractivity contribution in [3.8, 4) is 5.75 Å². The molecule has 0 heterocycles. The van der Waals surface area contributed by atoms with E-state index in [9.17, 15) is 13.2 Å². The minimum atomic E-state index is -3.72. The lowest BCUT2D eigenvalue weighted by Crippen LogP contribution is -2.49. The first-order valence-corrected chi connectivity index (χ1v) is 11.5. The highest BCUT2D eigenvalue weighted by Crippen LogP contribution is 2.28. The Balaban J connectivity index is 2.30. The lowest BCUT2D eigenvalue weighted by molar-refractivity contribution is -0.122. The van der Waals surface area contributed by atoms with Crippen molar-refractivity contribution in [3.63, 3.8) is 0 Å². The van der Waals surface area contributed by atoms with Crippen LogP contribution in [0.25, 0.3) is 0 Å². The Morgan fingerprint density at radius 1 is 1.21 bits per heavy atom. The summed E-state index contributed by atoms with van der Waals surface area (Å²) in [7, 11) is -2.13. The molecule has 2 atom stereocenters. The zero-order chi connectivity index (χ0) is 21.8. The average Bonchev–Trinajstić information content (AvgIpc) is 2.67. The number of carbonyl (C=O) groups excluding carboxylic acids is 1. The van der Waals surface area contributed by atoms with Gasteiger partial charge in [0, 0.05) is 5.02 Å². The van der Waals surface area contributed by atoms with Gasteiger partial charge in [-0.1, -0.05) is 36.7 Å². The van der Waals surface area contributed by atoms with Gasteiger partial charge in [0.1, 0.15) is 11.8 Å². The van der Waals surface area contributed by atoms with Crippen molar-refractivity contribution in [1.29, 1.82) is 0 Å². The van der Waals surface area contributed by atoms with Gasteiger partial charge in [0.25, 0.3) is 0 Å². The number of nitrogens with zero attached hydrogens (tertiary/aromatic N) is 1. The third-order valence-corrected chi connectivity index (χ3v) is 6.30. The van der Waals surface area contributed by atoms with E-state index in [0.717, 1.165) is 27.4 Å². The monoisotopic (exact) mass is 438 g/mol. The summed E-state index contributed by atoms with van der Waals surface area (Å²) in [5.41, 5.74) is 2.08. The lowest BCUT2D eigenvalue weighted by atomic mass is 10.1. The molecule has 0 fully saturated rings. The van der Waals surface area contributed by atoms with Crippen LogP contribution >= 0.6 is 11.6 Å². The van der Waals surface area contributed by atoms with Gasteiger partial charge >= 0.3 is 0 Å². The van der Waals surface area contributed by atoms with Gasteiger partial charge in [-0.25, -0.2) is 8.42 Å². The van der Waals surface area contributed by atoms with E-state index >= 15 is 0 Å². The van der Waals surface area contributed by atoms with E-state index in [0.29, 0.717) is 17.1 Å². The number of ether oxygens (including phenoxy) is 1. The van der Waals surface area contributed by atoms with Crippen LogP contribution in [0.1, 0.15) is 37.4 Å². The summed E-state index contributed by atoms with van der Waals surface area (Å²) in [6, 6.07) is 11.1. The molecule has 0 saturated heterocycles. The van der Waals surface area contributed by atoms with E-state index in [1.807, 2.05) is 38.1 Å². The molecule has 8 heteroatoms. The molecule has 0 aromatic heterocycles. The standard InChI is InChI=1S/C21H27ClN2O4S/c1-6-20(21(25)23-15(3)16-8-11-18(28-4)12-9-16)24(29(5,26)27)17-10-7-14(2)19(22)13-17/h7-13,15,20H,6H2,1-5H3,(H,23,25). The second-order valence-corrected chi connectivity index (χ2v) is 9.19. The van der Waals surface area contributed by atoms with Crippen LogP contribution in [0.5, 0.6) is 5.75 Å². The van der Waals surface area contributed by atoms with Gasteiger partial charge in [-0.2, -0.15) is 0 Å². The third-order valence-electron chi connectivity index (χ3n) is 4.71. The second kappa shape index (κ2) is 9.50. The molecule has 0 aliphatic rings. The number of methoxy groups -OCH3 is 1. The number of halogens is 1. The predicted octanol–water partition coefficient (Wildman–Crippen LogP) is 4.08. The maximum absolute atomic E-state index is 13.0. The van der Waals surface area contributed by atoms with Gasteiger partial charge < -0.3 is 10.1 Å². The van der Waals surface area contributed by atoms with Crippen molar-refractivity contribution in [2.75, 3.05) is 17.7 Å². The number of anilines is 1. The zero-order valence-electron chi connectivity index (χ0n) is 17.3. The molecular formula is C21H27ClN2O4S. The van der Waals surface area contributed by atoms with Crippen LogP contribution in [0.4, 0.5) is 5.69 Å². The fraction of sp³-hybridized carbons (Fsp3) is 0.381. The van der Waals surface area contributed by atoms with Gasteiger partial charge in [0.15, 0.2) is 0 Å². The van der Waals surface area contributed by atoms with Crippen LogP contribution in [-0.2, 0) is 14.8 Å². The van der Waals surface area contributed by atoms with E-state index in [1.165, 1.54) is 0 Å². The summed E-state index contributed by atoms with van der Waals surface area (Å²) in [4.78, 5) is 13.0. The van der Waals surface area contributed by atoms with Crippen molar-refractivity contribution in [1.82, 2.24) is 5.32 Å². The summed E-state index contributed by atoms with van der Waals surface area (Å²) >= 11 is 6.19. The molecule has 0 bridgehead atoms. The van der Waals surface area contributed by atoms with E-state index in [2.05, 4.69) is 5.32 Å². The van der Waals surface area contributed by atoms with E-state index < -0.39 is 16.1 Å². The van der Waals surface area contributed by atoms with Crippen molar-refractivity contribution >= 4 is 33.2 Å². The first-order valence-electron chi connectivity index (χ1n) is 9.28. The number of carbonyl (C=O) groups is 1. The Morgan fingerprint density at radius 3 is 2.31 bits per heavy atom. The Labute approximate surface area is 177 Å². The number of rotatable bonds is 8.